The number of hydrogen-bond acceptors (Lipinski definition) is 1. The number of aryl methyl sites for hydroxylation is 2. The lowest BCUT2D eigenvalue weighted by atomic mass is 9.89. The summed E-state index contributed by atoms with van der Waals surface area (Å²) in [5, 5.41) is 6.68. The van der Waals surface area contributed by atoms with Gasteiger partial charge < -0.3 is 10.6 Å². The first-order chi connectivity index (χ1) is 12.1. The average Bonchev–Trinajstić information content (AvgIpc) is 2.63. The molecular formula is C21H25ClN2O. The van der Waals surface area contributed by atoms with Crippen LogP contribution < -0.4 is 10.6 Å². The van der Waals surface area contributed by atoms with Gasteiger partial charge in [-0.2, -0.15) is 0 Å². The molecule has 2 amide bonds. The normalized spacial score (nSPS) is 14.5. The van der Waals surface area contributed by atoms with Crippen LogP contribution in [0.15, 0.2) is 42.5 Å². The van der Waals surface area contributed by atoms with Gasteiger partial charge in [0.25, 0.3) is 0 Å². The van der Waals surface area contributed by atoms with Crippen LogP contribution in [0.5, 0.6) is 0 Å². The Kier molecular flexibility index (Phi) is 5.98. The highest BCUT2D eigenvalue weighted by molar-refractivity contribution is 6.31. The van der Waals surface area contributed by atoms with Crippen LogP contribution in [0, 0.1) is 0 Å². The topological polar surface area (TPSA) is 41.1 Å². The largest absolute Gasteiger partial charge is 0.338 e. The molecule has 0 radical (unpaired) electrons. The predicted molar refractivity (Wildman–Crippen MR) is 103 cm³/mol. The molecule has 3 rings (SSSR count). The molecule has 0 spiro atoms. The molecule has 0 aliphatic heterocycles. The van der Waals surface area contributed by atoms with E-state index >= 15 is 0 Å². The van der Waals surface area contributed by atoms with Crippen molar-refractivity contribution in [1.82, 2.24) is 10.6 Å². The molecule has 132 valence electrons. The van der Waals surface area contributed by atoms with Crippen molar-refractivity contribution in [2.45, 2.75) is 45.1 Å². The number of carbonyl (C=O) groups is 1. The number of benzene rings is 2. The highest BCUT2D eigenvalue weighted by Gasteiger charge is 2.14. The molecule has 4 heteroatoms. The first-order valence-electron chi connectivity index (χ1n) is 9.03. The zero-order chi connectivity index (χ0) is 17.6. The van der Waals surface area contributed by atoms with Gasteiger partial charge in [-0.25, -0.2) is 4.79 Å². The Labute approximate surface area is 154 Å². The molecule has 0 saturated carbocycles. The van der Waals surface area contributed by atoms with Gasteiger partial charge in [-0.3, -0.25) is 0 Å². The molecule has 0 saturated heterocycles. The number of rotatable bonds is 5. The van der Waals surface area contributed by atoms with E-state index in [0.717, 1.165) is 23.4 Å². The standard InChI is InChI=1S/C21H25ClN2O/c1-15(18-11-10-16-6-2-3-8-19(16)14-18)24-21(25)23-13-12-17-7-4-5-9-20(17)22/h4-5,7,9-11,14-15H,2-3,6,8,12-13H2,1H3,(H2,23,24,25). The van der Waals surface area contributed by atoms with E-state index < -0.39 is 0 Å². The number of amides is 2. The summed E-state index contributed by atoms with van der Waals surface area (Å²) in [4.78, 5) is 12.1. The zero-order valence-corrected chi connectivity index (χ0v) is 15.4. The van der Waals surface area contributed by atoms with Crippen LogP contribution in [0.25, 0.3) is 0 Å². The Balaban J connectivity index is 1.50. The molecule has 1 aliphatic carbocycles. The maximum absolute atomic E-state index is 12.1. The summed E-state index contributed by atoms with van der Waals surface area (Å²) in [7, 11) is 0. The number of carbonyl (C=O) groups excluding carboxylic acids is 1. The van der Waals surface area contributed by atoms with Crippen molar-refractivity contribution in [3.8, 4) is 0 Å². The fourth-order valence-electron chi connectivity index (χ4n) is 3.37. The van der Waals surface area contributed by atoms with Crippen molar-refractivity contribution >= 4 is 17.6 Å². The smallest absolute Gasteiger partial charge is 0.315 e. The molecule has 0 bridgehead atoms. The maximum Gasteiger partial charge on any atom is 0.315 e. The second kappa shape index (κ2) is 8.39. The van der Waals surface area contributed by atoms with Crippen LogP contribution >= 0.6 is 11.6 Å². The summed E-state index contributed by atoms with van der Waals surface area (Å²) in [6.45, 7) is 2.59. The second-order valence-corrected chi connectivity index (χ2v) is 7.11. The third kappa shape index (κ3) is 4.76. The fraction of sp³-hybridized carbons (Fsp3) is 0.381. The molecule has 2 N–H and O–H groups in total. The monoisotopic (exact) mass is 356 g/mol. The summed E-state index contributed by atoms with van der Waals surface area (Å²) in [6.07, 6.45) is 5.61. The van der Waals surface area contributed by atoms with Gasteiger partial charge in [-0.05, 0) is 67.3 Å². The highest BCUT2D eigenvalue weighted by Crippen LogP contribution is 2.24. The lowest BCUT2D eigenvalue weighted by Crippen LogP contribution is -2.38. The summed E-state index contributed by atoms with van der Waals surface area (Å²) in [5.41, 5.74) is 5.12. The van der Waals surface area contributed by atoms with Gasteiger partial charge in [0.15, 0.2) is 0 Å². The van der Waals surface area contributed by atoms with Crippen molar-refractivity contribution in [1.29, 1.82) is 0 Å². The van der Waals surface area contributed by atoms with Gasteiger partial charge in [-0.15, -0.1) is 0 Å². The second-order valence-electron chi connectivity index (χ2n) is 6.70. The van der Waals surface area contributed by atoms with Crippen LogP contribution in [0.3, 0.4) is 0 Å². The van der Waals surface area contributed by atoms with Crippen LogP contribution in [-0.4, -0.2) is 12.6 Å². The van der Waals surface area contributed by atoms with E-state index in [-0.39, 0.29) is 12.1 Å². The van der Waals surface area contributed by atoms with Crippen molar-refractivity contribution in [2.24, 2.45) is 0 Å². The summed E-state index contributed by atoms with van der Waals surface area (Å²) in [5.74, 6) is 0. The van der Waals surface area contributed by atoms with Crippen LogP contribution in [0.4, 0.5) is 4.79 Å². The van der Waals surface area contributed by atoms with E-state index in [2.05, 4.69) is 28.8 Å². The molecule has 25 heavy (non-hydrogen) atoms. The van der Waals surface area contributed by atoms with E-state index in [1.165, 1.54) is 36.0 Å². The van der Waals surface area contributed by atoms with Gasteiger partial charge in [0.2, 0.25) is 0 Å². The van der Waals surface area contributed by atoms with Gasteiger partial charge in [0.05, 0.1) is 6.04 Å². The van der Waals surface area contributed by atoms with E-state index in [1.54, 1.807) is 0 Å². The van der Waals surface area contributed by atoms with Crippen molar-refractivity contribution in [3.63, 3.8) is 0 Å². The quantitative estimate of drug-likeness (QED) is 0.792. The number of nitrogens with one attached hydrogen (secondary N) is 2. The minimum absolute atomic E-state index is 0.00691. The lowest BCUT2D eigenvalue weighted by Gasteiger charge is -2.20. The Morgan fingerprint density at radius 2 is 1.88 bits per heavy atom. The highest BCUT2D eigenvalue weighted by atomic mass is 35.5. The number of hydrogen-bond donors (Lipinski definition) is 2. The minimum atomic E-state index is -0.141. The minimum Gasteiger partial charge on any atom is -0.338 e. The van der Waals surface area contributed by atoms with Gasteiger partial charge in [0.1, 0.15) is 0 Å². The SMILES string of the molecule is CC(NC(=O)NCCc1ccccc1Cl)c1ccc2c(c1)CCCC2. The van der Waals surface area contributed by atoms with Crippen molar-refractivity contribution < 1.29 is 4.79 Å². The molecule has 3 nitrogen and oxygen atoms in total. The van der Waals surface area contributed by atoms with E-state index in [9.17, 15) is 4.79 Å². The molecule has 0 fully saturated rings. The first kappa shape index (κ1) is 17.8. The maximum atomic E-state index is 12.1. The first-order valence-corrected chi connectivity index (χ1v) is 9.41. The molecule has 0 aromatic heterocycles. The molecule has 1 aliphatic rings. The Morgan fingerprint density at radius 3 is 2.68 bits per heavy atom. The van der Waals surface area contributed by atoms with Gasteiger partial charge in [-0.1, -0.05) is 48.0 Å². The van der Waals surface area contributed by atoms with E-state index in [4.69, 9.17) is 11.6 Å². The third-order valence-electron chi connectivity index (χ3n) is 4.86. The lowest BCUT2D eigenvalue weighted by molar-refractivity contribution is 0.238. The molecule has 1 atom stereocenters. The van der Waals surface area contributed by atoms with Crippen LogP contribution in [0.2, 0.25) is 5.02 Å². The third-order valence-corrected chi connectivity index (χ3v) is 5.23. The molecule has 2 aromatic carbocycles. The van der Waals surface area contributed by atoms with Crippen LogP contribution in [-0.2, 0) is 19.3 Å². The Hall–Kier alpha value is -2.00. The van der Waals surface area contributed by atoms with Crippen molar-refractivity contribution in [2.75, 3.05) is 6.54 Å². The molecule has 2 aromatic rings. The van der Waals surface area contributed by atoms with Crippen molar-refractivity contribution in [3.05, 3.63) is 69.7 Å². The predicted octanol–water partition coefficient (Wildman–Crippen LogP) is 4.82. The summed E-state index contributed by atoms with van der Waals surface area (Å²) in [6, 6.07) is 14.2. The van der Waals surface area contributed by atoms with E-state index in [1.807, 2.05) is 31.2 Å². The molecular weight excluding hydrogens is 332 g/mol. The number of halogens is 1. The fourth-order valence-corrected chi connectivity index (χ4v) is 3.60. The summed E-state index contributed by atoms with van der Waals surface area (Å²) < 4.78 is 0. The number of fused-ring (bicyclic) bond motifs is 1. The molecule has 1 unspecified atom stereocenters. The van der Waals surface area contributed by atoms with Gasteiger partial charge in [0, 0.05) is 11.6 Å². The van der Waals surface area contributed by atoms with Gasteiger partial charge >= 0.3 is 6.03 Å². The zero-order valence-electron chi connectivity index (χ0n) is 14.6. The van der Waals surface area contributed by atoms with E-state index in [0.29, 0.717) is 6.54 Å². The summed E-state index contributed by atoms with van der Waals surface area (Å²) >= 11 is 6.13. The van der Waals surface area contributed by atoms with Crippen LogP contribution in [0.1, 0.15) is 48.1 Å². The number of urea groups is 1. The Bertz CT molecular complexity index is 744. The molecule has 0 heterocycles. The average molecular weight is 357 g/mol. The Morgan fingerprint density at radius 1 is 1.12 bits per heavy atom.